The lowest BCUT2D eigenvalue weighted by molar-refractivity contribution is 0.523. The van der Waals surface area contributed by atoms with Gasteiger partial charge in [0.1, 0.15) is 0 Å². The van der Waals surface area contributed by atoms with Gasteiger partial charge in [-0.25, -0.2) is 4.98 Å². The number of hydrogen-bond donors (Lipinski definition) is 0. The van der Waals surface area contributed by atoms with Crippen molar-refractivity contribution < 1.29 is 0 Å². The van der Waals surface area contributed by atoms with Crippen molar-refractivity contribution in [2.24, 2.45) is 7.05 Å². The van der Waals surface area contributed by atoms with Crippen LogP contribution in [0.2, 0.25) is 0 Å². The fourth-order valence-electron chi connectivity index (χ4n) is 2.50. The Bertz CT molecular complexity index is 761. The molecule has 0 spiro atoms. The molecule has 0 bridgehead atoms. The molecule has 6 heteroatoms. The van der Waals surface area contributed by atoms with Crippen molar-refractivity contribution in [3.05, 3.63) is 41.9 Å². The zero-order chi connectivity index (χ0) is 15.0. The van der Waals surface area contributed by atoms with Gasteiger partial charge in [0.25, 0.3) is 0 Å². The molecule has 6 nitrogen and oxygen atoms in total. The lowest BCUT2D eigenvalue weighted by Crippen LogP contribution is -2.10. The highest BCUT2D eigenvalue weighted by Gasteiger charge is 2.10. The first-order chi connectivity index (χ1) is 10.1. The molecular weight excluding hydrogens is 264 g/mol. The molecule has 0 N–H and O–H groups in total. The van der Waals surface area contributed by atoms with Crippen LogP contribution in [-0.2, 0) is 20.1 Å². The van der Waals surface area contributed by atoms with Gasteiger partial charge in [-0.1, -0.05) is 0 Å². The summed E-state index contributed by atoms with van der Waals surface area (Å²) in [5, 5.41) is 8.80. The summed E-state index contributed by atoms with van der Waals surface area (Å²) in [6.07, 6.45) is 7.60. The Labute approximate surface area is 124 Å². The normalized spacial score (nSPS) is 11.2. The Morgan fingerprint density at radius 3 is 2.52 bits per heavy atom. The number of aryl methyl sites for hydroxylation is 4. The standard InChI is InChI=1S/C15H20N6/c1-11-12(2)18-21(13(11)3)6-5-20-10-16-8-15(20)14-7-17-19(4)9-14/h7-10H,5-6H2,1-4H3. The largest absolute Gasteiger partial charge is 0.329 e. The van der Waals surface area contributed by atoms with E-state index < -0.39 is 0 Å². The van der Waals surface area contributed by atoms with Crippen LogP contribution < -0.4 is 0 Å². The maximum atomic E-state index is 4.58. The molecule has 0 amide bonds. The predicted octanol–water partition coefficient (Wildman–Crippen LogP) is 2.11. The smallest absolute Gasteiger partial charge is 0.0951 e. The van der Waals surface area contributed by atoms with Gasteiger partial charge in [0.15, 0.2) is 0 Å². The van der Waals surface area contributed by atoms with Gasteiger partial charge in [0, 0.05) is 31.0 Å². The molecule has 0 atom stereocenters. The van der Waals surface area contributed by atoms with Gasteiger partial charge in [0.2, 0.25) is 0 Å². The summed E-state index contributed by atoms with van der Waals surface area (Å²) in [6.45, 7) is 7.96. The van der Waals surface area contributed by atoms with E-state index >= 15 is 0 Å². The molecule has 0 unspecified atom stereocenters. The van der Waals surface area contributed by atoms with Gasteiger partial charge in [-0.3, -0.25) is 9.36 Å². The van der Waals surface area contributed by atoms with Crippen LogP contribution in [0.15, 0.2) is 24.9 Å². The lowest BCUT2D eigenvalue weighted by atomic mass is 10.2. The molecule has 0 saturated carbocycles. The van der Waals surface area contributed by atoms with Crippen molar-refractivity contribution in [3.63, 3.8) is 0 Å². The second-order valence-electron chi connectivity index (χ2n) is 5.39. The Hall–Kier alpha value is -2.37. The van der Waals surface area contributed by atoms with Crippen LogP contribution in [0.5, 0.6) is 0 Å². The van der Waals surface area contributed by atoms with E-state index in [1.54, 1.807) is 4.68 Å². The summed E-state index contributed by atoms with van der Waals surface area (Å²) >= 11 is 0. The third kappa shape index (κ3) is 2.49. The highest BCUT2D eigenvalue weighted by molar-refractivity contribution is 5.56. The summed E-state index contributed by atoms with van der Waals surface area (Å²) in [5.74, 6) is 0. The summed E-state index contributed by atoms with van der Waals surface area (Å²) in [6, 6.07) is 0. The van der Waals surface area contributed by atoms with E-state index in [0.29, 0.717) is 0 Å². The first-order valence-corrected chi connectivity index (χ1v) is 7.06. The van der Waals surface area contributed by atoms with E-state index in [4.69, 9.17) is 0 Å². The van der Waals surface area contributed by atoms with E-state index in [1.165, 1.54) is 11.3 Å². The molecule has 3 rings (SSSR count). The molecule has 0 aromatic carbocycles. The van der Waals surface area contributed by atoms with Crippen LogP contribution in [0.4, 0.5) is 0 Å². The highest BCUT2D eigenvalue weighted by atomic mass is 15.3. The maximum absolute atomic E-state index is 4.58. The van der Waals surface area contributed by atoms with E-state index in [1.807, 2.05) is 32.0 Å². The number of hydrogen-bond acceptors (Lipinski definition) is 3. The zero-order valence-corrected chi connectivity index (χ0v) is 12.9. The summed E-state index contributed by atoms with van der Waals surface area (Å²) in [4.78, 5) is 4.26. The monoisotopic (exact) mass is 284 g/mol. The summed E-state index contributed by atoms with van der Waals surface area (Å²) in [5.41, 5.74) is 5.77. The molecule has 0 saturated heterocycles. The van der Waals surface area contributed by atoms with Crippen LogP contribution in [0.25, 0.3) is 11.3 Å². The number of rotatable bonds is 4. The number of imidazole rings is 1. The quantitative estimate of drug-likeness (QED) is 0.737. The number of nitrogens with zero attached hydrogens (tertiary/aromatic N) is 6. The first-order valence-electron chi connectivity index (χ1n) is 7.06. The molecule has 3 heterocycles. The van der Waals surface area contributed by atoms with Crippen LogP contribution in [0.1, 0.15) is 17.0 Å². The average molecular weight is 284 g/mol. The molecule has 0 radical (unpaired) electrons. The van der Waals surface area contributed by atoms with Crippen LogP contribution >= 0.6 is 0 Å². The van der Waals surface area contributed by atoms with Gasteiger partial charge < -0.3 is 4.57 Å². The van der Waals surface area contributed by atoms with Gasteiger partial charge in [-0.2, -0.15) is 10.2 Å². The van der Waals surface area contributed by atoms with Crippen molar-refractivity contribution in [3.8, 4) is 11.3 Å². The molecule has 3 aromatic heterocycles. The average Bonchev–Trinajstić information content (AvgIpc) is 3.14. The molecule has 0 fully saturated rings. The Morgan fingerprint density at radius 1 is 1.10 bits per heavy atom. The Kier molecular flexibility index (Phi) is 3.37. The molecule has 0 aliphatic heterocycles. The van der Waals surface area contributed by atoms with Crippen molar-refractivity contribution in [2.45, 2.75) is 33.9 Å². The number of aromatic nitrogens is 6. The summed E-state index contributed by atoms with van der Waals surface area (Å²) in [7, 11) is 1.92. The van der Waals surface area contributed by atoms with E-state index in [0.717, 1.165) is 30.0 Å². The van der Waals surface area contributed by atoms with Gasteiger partial charge in [-0.05, 0) is 26.3 Å². The maximum Gasteiger partial charge on any atom is 0.0951 e. The van der Waals surface area contributed by atoms with Crippen molar-refractivity contribution in [1.29, 1.82) is 0 Å². The fraction of sp³-hybridized carbons (Fsp3) is 0.400. The summed E-state index contributed by atoms with van der Waals surface area (Å²) < 4.78 is 6.01. The lowest BCUT2D eigenvalue weighted by Gasteiger charge is -2.08. The van der Waals surface area contributed by atoms with Crippen molar-refractivity contribution in [1.82, 2.24) is 29.1 Å². The Balaban J connectivity index is 1.80. The van der Waals surface area contributed by atoms with Crippen LogP contribution in [0.3, 0.4) is 0 Å². The molecule has 110 valence electrons. The van der Waals surface area contributed by atoms with Gasteiger partial charge in [0.05, 0.1) is 36.7 Å². The van der Waals surface area contributed by atoms with Crippen LogP contribution in [-0.4, -0.2) is 29.1 Å². The second kappa shape index (κ2) is 5.20. The molecular formula is C15H20N6. The topological polar surface area (TPSA) is 53.5 Å². The molecule has 0 aliphatic carbocycles. The fourth-order valence-corrected chi connectivity index (χ4v) is 2.50. The van der Waals surface area contributed by atoms with E-state index in [9.17, 15) is 0 Å². The first kappa shape index (κ1) is 13.6. The molecule has 0 aliphatic rings. The zero-order valence-electron chi connectivity index (χ0n) is 12.9. The predicted molar refractivity (Wildman–Crippen MR) is 80.9 cm³/mol. The second-order valence-corrected chi connectivity index (χ2v) is 5.39. The minimum atomic E-state index is 0.837. The highest BCUT2D eigenvalue weighted by Crippen LogP contribution is 2.18. The molecule has 21 heavy (non-hydrogen) atoms. The minimum absolute atomic E-state index is 0.837. The van der Waals surface area contributed by atoms with Crippen LogP contribution in [0, 0.1) is 20.8 Å². The van der Waals surface area contributed by atoms with Gasteiger partial charge >= 0.3 is 0 Å². The third-order valence-electron chi connectivity index (χ3n) is 4.01. The third-order valence-corrected chi connectivity index (χ3v) is 4.01. The van der Waals surface area contributed by atoms with Gasteiger partial charge in [-0.15, -0.1) is 0 Å². The van der Waals surface area contributed by atoms with E-state index in [2.05, 4.69) is 45.2 Å². The van der Waals surface area contributed by atoms with Crippen molar-refractivity contribution in [2.75, 3.05) is 0 Å². The van der Waals surface area contributed by atoms with Crippen molar-refractivity contribution >= 4 is 0 Å². The molecule has 3 aromatic rings. The Morgan fingerprint density at radius 2 is 1.90 bits per heavy atom. The van der Waals surface area contributed by atoms with E-state index in [-0.39, 0.29) is 0 Å². The SMILES string of the molecule is Cc1nn(CCn2cncc2-c2cnn(C)c2)c(C)c1C. The minimum Gasteiger partial charge on any atom is -0.329 e.